The predicted molar refractivity (Wildman–Crippen MR) is 110 cm³/mol. The minimum atomic E-state index is -0.605. The van der Waals surface area contributed by atoms with Crippen molar-refractivity contribution in [3.05, 3.63) is 81.1 Å². The van der Waals surface area contributed by atoms with Gasteiger partial charge < -0.3 is 14.8 Å². The average molecular weight is 403 g/mol. The second-order valence-electron chi connectivity index (χ2n) is 6.84. The number of nitrogens with zero attached hydrogens (tertiary/aromatic N) is 3. The van der Waals surface area contributed by atoms with E-state index < -0.39 is 11.2 Å². The lowest BCUT2D eigenvalue weighted by atomic mass is 10.1. The van der Waals surface area contributed by atoms with Gasteiger partial charge in [0, 0.05) is 12.3 Å². The highest BCUT2D eigenvalue weighted by Gasteiger charge is 2.17. The van der Waals surface area contributed by atoms with E-state index in [-0.39, 0.29) is 23.9 Å². The van der Waals surface area contributed by atoms with E-state index in [0.29, 0.717) is 23.1 Å². The molecule has 0 saturated carbocycles. The maximum absolute atomic E-state index is 13.0. The Bertz CT molecular complexity index is 1360. The Kier molecular flexibility index (Phi) is 4.20. The van der Waals surface area contributed by atoms with Crippen molar-refractivity contribution in [2.75, 3.05) is 12.1 Å². The summed E-state index contributed by atoms with van der Waals surface area (Å²) >= 11 is 0. The van der Waals surface area contributed by atoms with Gasteiger partial charge in [-0.25, -0.2) is 14.3 Å². The molecule has 2 N–H and O–H groups in total. The Morgan fingerprint density at radius 2 is 1.90 bits per heavy atom. The van der Waals surface area contributed by atoms with Gasteiger partial charge in [0.25, 0.3) is 5.56 Å². The van der Waals surface area contributed by atoms with Gasteiger partial charge in [0.1, 0.15) is 5.39 Å². The van der Waals surface area contributed by atoms with Crippen LogP contribution in [0.5, 0.6) is 11.5 Å². The van der Waals surface area contributed by atoms with Gasteiger partial charge in [-0.2, -0.15) is 4.98 Å². The van der Waals surface area contributed by atoms with Crippen molar-refractivity contribution in [1.82, 2.24) is 19.5 Å². The molecular formula is C21H17N5O4. The quantitative estimate of drug-likeness (QED) is 0.538. The summed E-state index contributed by atoms with van der Waals surface area (Å²) < 4.78 is 11.6. The molecule has 0 amide bonds. The second-order valence-corrected chi connectivity index (χ2v) is 6.84. The molecule has 1 aliphatic rings. The van der Waals surface area contributed by atoms with E-state index in [0.717, 1.165) is 10.1 Å². The summed E-state index contributed by atoms with van der Waals surface area (Å²) in [4.78, 5) is 36.9. The molecule has 4 aromatic rings. The Morgan fingerprint density at radius 3 is 2.73 bits per heavy atom. The molecule has 0 saturated heterocycles. The Labute approximate surface area is 170 Å². The standard InChI is InChI=1S/C21H17N5O4/c1-12(13-5-3-2-4-6-13)23-20-22-10-15-18(24-20)25-21(28)26(19(15)27)14-7-8-16-17(9-14)30-11-29-16/h2-10,12H,11H2,1H3,(H2,22,23,24,25,28)/t12-/m1/s1. The number of hydrogen-bond donors (Lipinski definition) is 2. The number of H-pyrrole nitrogens is 1. The monoisotopic (exact) mass is 403 g/mol. The molecule has 1 atom stereocenters. The van der Waals surface area contributed by atoms with Gasteiger partial charge in [-0.3, -0.25) is 9.78 Å². The maximum Gasteiger partial charge on any atom is 0.334 e. The van der Waals surface area contributed by atoms with Crippen LogP contribution < -0.4 is 26.0 Å². The fourth-order valence-electron chi connectivity index (χ4n) is 3.35. The lowest BCUT2D eigenvalue weighted by Gasteiger charge is -2.14. The van der Waals surface area contributed by atoms with E-state index in [1.807, 2.05) is 37.3 Å². The van der Waals surface area contributed by atoms with Gasteiger partial charge in [-0.05, 0) is 24.6 Å². The molecular weight excluding hydrogens is 386 g/mol. The third-order valence-corrected chi connectivity index (χ3v) is 4.91. The molecule has 1 aliphatic heterocycles. The second kappa shape index (κ2) is 7.03. The number of benzene rings is 2. The van der Waals surface area contributed by atoms with Crippen LogP contribution in [0.2, 0.25) is 0 Å². The molecule has 0 spiro atoms. The van der Waals surface area contributed by atoms with Crippen molar-refractivity contribution in [3.63, 3.8) is 0 Å². The van der Waals surface area contributed by atoms with Crippen LogP contribution in [0.1, 0.15) is 18.5 Å². The van der Waals surface area contributed by atoms with E-state index in [4.69, 9.17) is 9.47 Å². The largest absolute Gasteiger partial charge is 0.454 e. The van der Waals surface area contributed by atoms with Gasteiger partial charge >= 0.3 is 5.69 Å². The summed E-state index contributed by atoms with van der Waals surface area (Å²) in [6, 6.07) is 14.6. The zero-order valence-corrected chi connectivity index (χ0v) is 16.0. The van der Waals surface area contributed by atoms with Crippen LogP contribution >= 0.6 is 0 Å². The molecule has 3 heterocycles. The maximum atomic E-state index is 13.0. The molecule has 30 heavy (non-hydrogen) atoms. The smallest absolute Gasteiger partial charge is 0.334 e. The fraction of sp³-hybridized carbons (Fsp3) is 0.143. The van der Waals surface area contributed by atoms with Crippen LogP contribution in [0, 0.1) is 0 Å². The van der Waals surface area contributed by atoms with Crippen molar-refractivity contribution in [3.8, 4) is 17.2 Å². The number of ether oxygens (including phenoxy) is 2. The number of fused-ring (bicyclic) bond motifs is 2. The van der Waals surface area contributed by atoms with Crippen LogP contribution in [-0.2, 0) is 0 Å². The molecule has 0 aliphatic carbocycles. The lowest BCUT2D eigenvalue weighted by molar-refractivity contribution is 0.174. The highest BCUT2D eigenvalue weighted by molar-refractivity contribution is 5.73. The number of hydrogen-bond acceptors (Lipinski definition) is 7. The van der Waals surface area contributed by atoms with Crippen LogP contribution in [0.15, 0.2) is 64.3 Å². The zero-order chi connectivity index (χ0) is 20.7. The SMILES string of the molecule is C[C@@H](Nc1ncc2c(=O)n(-c3ccc4c(c3)OCO4)c(=O)[nH]c2n1)c1ccccc1. The van der Waals surface area contributed by atoms with Gasteiger partial charge in [0.05, 0.1) is 11.7 Å². The fourth-order valence-corrected chi connectivity index (χ4v) is 3.35. The molecule has 5 rings (SSSR count). The Morgan fingerprint density at radius 1 is 1.10 bits per heavy atom. The van der Waals surface area contributed by atoms with Gasteiger partial charge in [0.15, 0.2) is 17.1 Å². The van der Waals surface area contributed by atoms with Crippen LogP contribution in [-0.4, -0.2) is 26.3 Å². The van der Waals surface area contributed by atoms with Gasteiger partial charge in [-0.15, -0.1) is 0 Å². The molecule has 0 bridgehead atoms. The van der Waals surface area contributed by atoms with E-state index in [2.05, 4.69) is 20.3 Å². The molecule has 2 aromatic carbocycles. The first kappa shape index (κ1) is 17.9. The first-order valence-corrected chi connectivity index (χ1v) is 9.34. The molecule has 0 radical (unpaired) electrons. The summed E-state index contributed by atoms with van der Waals surface area (Å²) in [5.41, 5.74) is 0.474. The van der Waals surface area contributed by atoms with E-state index in [1.165, 1.54) is 6.20 Å². The highest BCUT2D eigenvalue weighted by atomic mass is 16.7. The van der Waals surface area contributed by atoms with Crippen molar-refractivity contribution in [1.29, 1.82) is 0 Å². The van der Waals surface area contributed by atoms with E-state index >= 15 is 0 Å². The van der Waals surface area contributed by atoms with Crippen molar-refractivity contribution in [2.45, 2.75) is 13.0 Å². The summed E-state index contributed by atoms with van der Waals surface area (Å²) in [6.07, 6.45) is 1.41. The molecule has 9 heteroatoms. The zero-order valence-electron chi connectivity index (χ0n) is 16.0. The number of nitrogens with one attached hydrogen (secondary N) is 2. The molecule has 0 fully saturated rings. The minimum Gasteiger partial charge on any atom is -0.454 e. The van der Waals surface area contributed by atoms with Crippen LogP contribution in [0.25, 0.3) is 16.7 Å². The summed E-state index contributed by atoms with van der Waals surface area (Å²) in [6.45, 7) is 2.08. The lowest BCUT2D eigenvalue weighted by Crippen LogP contribution is -2.34. The molecule has 150 valence electrons. The summed E-state index contributed by atoms with van der Waals surface area (Å²) in [5, 5.41) is 3.38. The van der Waals surface area contributed by atoms with E-state index in [9.17, 15) is 9.59 Å². The first-order chi connectivity index (χ1) is 14.6. The highest BCUT2D eigenvalue weighted by Crippen LogP contribution is 2.33. The number of rotatable bonds is 4. The molecule has 2 aromatic heterocycles. The average Bonchev–Trinajstić information content (AvgIpc) is 3.22. The first-order valence-electron chi connectivity index (χ1n) is 9.34. The van der Waals surface area contributed by atoms with Gasteiger partial charge in [-0.1, -0.05) is 30.3 Å². The number of anilines is 1. The Hall–Kier alpha value is -4.14. The Balaban J connectivity index is 1.53. The normalized spacial score (nSPS) is 13.4. The minimum absolute atomic E-state index is 0.0515. The van der Waals surface area contributed by atoms with Crippen LogP contribution in [0.3, 0.4) is 0 Å². The third kappa shape index (κ3) is 3.06. The number of aromatic nitrogens is 4. The van der Waals surface area contributed by atoms with Crippen molar-refractivity contribution < 1.29 is 9.47 Å². The predicted octanol–water partition coefficient (Wildman–Crippen LogP) is 2.37. The van der Waals surface area contributed by atoms with Crippen LogP contribution in [0.4, 0.5) is 5.95 Å². The van der Waals surface area contributed by atoms with Crippen molar-refractivity contribution in [2.24, 2.45) is 0 Å². The third-order valence-electron chi connectivity index (χ3n) is 4.91. The van der Waals surface area contributed by atoms with Crippen molar-refractivity contribution >= 4 is 17.0 Å². The topological polar surface area (TPSA) is 111 Å². The van der Waals surface area contributed by atoms with E-state index in [1.54, 1.807) is 18.2 Å². The summed E-state index contributed by atoms with van der Waals surface area (Å²) in [7, 11) is 0. The molecule has 9 nitrogen and oxygen atoms in total. The van der Waals surface area contributed by atoms with Gasteiger partial charge in [0.2, 0.25) is 12.7 Å². The number of aromatic amines is 1. The molecule has 0 unspecified atom stereocenters. The summed E-state index contributed by atoms with van der Waals surface area (Å²) in [5.74, 6) is 1.36.